The van der Waals surface area contributed by atoms with Gasteiger partial charge in [-0.25, -0.2) is 9.18 Å². The van der Waals surface area contributed by atoms with Crippen LogP contribution in [0.15, 0.2) is 48.5 Å². The number of nitrogens with one attached hydrogen (secondary N) is 2. The van der Waals surface area contributed by atoms with Crippen molar-refractivity contribution in [2.45, 2.75) is 38.0 Å². The molecule has 2 aromatic carbocycles. The molecule has 0 spiro atoms. The van der Waals surface area contributed by atoms with E-state index in [1.54, 1.807) is 29.2 Å². The molecule has 0 aromatic heterocycles. The van der Waals surface area contributed by atoms with Crippen LogP contribution in [0.2, 0.25) is 0 Å². The number of piperidine rings is 1. The molecule has 1 heterocycles. The summed E-state index contributed by atoms with van der Waals surface area (Å²) in [5.41, 5.74) is -1.07. The molecule has 1 aliphatic heterocycles. The van der Waals surface area contributed by atoms with Crippen LogP contribution in [0.4, 0.5) is 22.4 Å². The van der Waals surface area contributed by atoms with Gasteiger partial charge >= 0.3 is 12.2 Å². The summed E-state index contributed by atoms with van der Waals surface area (Å²) < 4.78 is 53.0. The lowest BCUT2D eigenvalue weighted by molar-refractivity contribution is -0.140. The first-order chi connectivity index (χ1) is 14.7. The molecule has 0 saturated carbocycles. The highest BCUT2D eigenvalue weighted by Gasteiger charge is 2.35. The van der Waals surface area contributed by atoms with Gasteiger partial charge in [-0.2, -0.15) is 13.2 Å². The number of alkyl halides is 3. The Bertz CT molecular complexity index is 934. The number of carbonyl (C=O) groups is 2. The number of hydrogen-bond acceptors (Lipinski definition) is 2. The molecule has 2 atom stereocenters. The van der Waals surface area contributed by atoms with Gasteiger partial charge in [-0.1, -0.05) is 30.3 Å². The standard InChI is InChI=1S/C22H23F4N3O2/c1-14(17-10-5-11-18(19(17)23)22(24,25)26)27-21(31)28-16-9-6-12-29(13-16)20(30)15-7-3-2-4-8-15/h2-5,7-8,10-11,14,16H,6,9,12-13H2,1H3,(H2,27,28,31)/t14-,16?/m1/s1. The van der Waals surface area contributed by atoms with Gasteiger partial charge in [0.15, 0.2) is 0 Å². The van der Waals surface area contributed by atoms with Gasteiger partial charge in [0.2, 0.25) is 0 Å². The zero-order chi connectivity index (χ0) is 22.6. The van der Waals surface area contributed by atoms with Crippen LogP contribution in [-0.2, 0) is 6.18 Å². The fourth-order valence-corrected chi connectivity index (χ4v) is 3.65. The molecular weight excluding hydrogens is 414 g/mol. The Morgan fingerprint density at radius 2 is 1.81 bits per heavy atom. The molecule has 3 rings (SSSR count). The van der Waals surface area contributed by atoms with Crippen LogP contribution in [0.5, 0.6) is 0 Å². The zero-order valence-corrected chi connectivity index (χ0v) is 16.9. The van der Waals surface area contributed by atoms with Crippen LogP contribution in [0.25, 0.3) is 0 Å². The van der Waals surface area contributed by atoms with Gasteiger partial charge in [0.05, 0.1) is 11.6 Å². The third kappa shape index (κ3) is 5.53. The Morgan fingerprint density at radius 3 is 2.48 bits per heavy atom. The van der Waals surface area contributed by atoms with Crippen LogP contribution >= 0.6 is 0 Å². The first kappa shape index (κ1) is 22.6. The summed E-state index contributed by atoms with van der Waals surface area (Å²) in [6, 6.07) is 9.83. The lowest BCUT2D eigenvalue weighted by Gasteiger charge is -2.33. The van der Waals surface area contributed by atoms with Gasteiger partial charge in [0, 0.05) is 30.3 Å². The summed E-state index contributed by atoms with van der Waals surface area (Å²) in [5.74, 6) is -1.54. The molecule has 2 aromatic rings. The summed E-state index contributed by atoms with van der Waals surface area (Å²) in [6.07, 6.45) is -3.47. The van der Waals surface area contributed by atoms with Gasteiger partial charge in [0.25, 0.3) is 5.91 Å². The van der Waals surface area contributed by atoms with Crippen LogP contribution in [0.3, 0.4) is 0 Å². The van der Waals surface area contributed by atoms with E-state index in [1.165, 1.54) is 13.0 Å². The van der Waals surface area contributed by atoms with Gasteiger partial charge < -0.3 is 15.5 Å². The lowest BCUT2D eigenvalue weighted by atomic mass is 10.0. The minimum atomic E-state index is -4.82. The number of hydrogen-bond donors (Lipinski definition) is 2. The van der Waals surface area contributed by atoms with Crippen molar-refractivity contribution in [3.63, 3.8) is 0 Å². The van der Waals surface area contributed by atoms with Gasteiger partial charge in [-0.3, -0.25) is 4.79 Å². The number of halogens is 4. The minimum Gasteiger partial charge on any atom is -0.337 e. The Morgan fingerprint density at radius 1 is 1.10 bits per heavy atom. The van der Waals surface area contributed by atoms with E-state index >= 15 is 0 Å². The lowest BCUT2D eigenvalue weighted by Crippen LogP contribution is -2.52. The van der Waals surface area contributed by atoms with Gasteiger partial charge in [-0.15, -0.1) is 0 Å². The molecule has 1 aliphatic rings. The molecule has 0 bridgehead atoms. The van der Waals surface area contributed by atoms with Crippen molar-refractivity contribution >= 4 is 11.9 Å². The van der Waals surface area contributed by atoms with Crippen LogP contribution < -0.4 is 10.6 Å². The maximum atomic E-state index is 14.3. The fraction of sp³-hybridized carbons (Fsp3) is 0.364. The molecule has 31 heavy (non-hydrogen) atoms. The van der Waals surface area contributed by atoms with Gasteiger partial charge in [0.1, 0.15) is 5.82 Å². The first-order valence-corrected chi connectivity index (χ1v) is 9.93. The van der Waals surface area contributed by atoms with Crippen molar-refractivity contribution in [1.82, 2.24) is 15.5 Å². The predicted octanol–water partition coefficient (Wildman–Crippen LogP) is 4.51. The van der Waals surface area contributed by atoms with Crippen LogP contribution in [-0.4, -0.2) is 36.0 Å². The number of amides is 3. The van der Waals surface area contributed by atoms with Crippen molar-refractivity contribution in [1.29, 1.82) is 0 Å². The second-order valence-corrected chi connectivity index (χ2v) is 7.50. The third-order valence-corrected chi connectivity index (χ3v) is 5.21. The Kier molecular flexibility index (Phi) is 6.82. The van der Waals surface area contributed by atoms with Crippen LogP contribution in [0, 0.1) is 5.82 Å². The minimum absolute atomic E-state index is 0.132. The molecule has 9 heteroatoms. The van der Waals surface area contributed by atoms with E-state index in [2.05, 4.69) is 10.6 Å². The Hall–Kier alpha value is -3.10. The molecule has 1 saturated heterocycles. The normalized spacial score (nSPS) is 17.7. The average Bonchev–Trinajstić information content (AvgIpc) is 2.73. The van der Waals surface area contributed by atoms with E-state index in [1.807, 2.05) is 6.07 Å². The predicted molar refractivity (Wildman–Crippen MR) is 107 cm³/mol. The third-order valence-electron chi connectivity index (χ3n) is 5.21. The second kappa shape index (κ2) is 9.36. The van der Waals surface area contributed by atoms with E-state index < -0.39 is 29.6 Å². The van der Waals surface area contributed by atoms with Crippen molar-refractivity contribution < 1.29 is 27.2 Å². The van der Waals surface area contributed by atoms with Crippen molar-refractivity contribution in [2.75, 3.05) is 13.1 Å². The second-order valence-electron chi connectivity index (χ2n) is 7.50. The van der Waals surface area contributed by atoms with Crippen molar-refractivity contribution in [2.24, 2.45) is 0 Å². The number of benzene rings is 2. The topological polar surface area (TPSA) is 61.4 Å². The van der Waals surface area contributed by atoms with E-state index in [0.29, 0.717) is 37.6 Å². The highest BCUT2D eigenvalue weighted by Crippen LogP contribution is 2.33. The largest absolute Gasteiger partial charge is 0.419 e. The molecule has 5 nitrogen and oxygen atoms in total. The van der Waals surface area contributed by atoms with E-state index in [-0.39, 0.29) is 17.5 Å². The monoisotopic (exact) mass is 437 g/mol. The van der Waals surface area contributed by atoms with Crippen LogP contribution in [0.1, 0.15) is 47.3 Å². The smallest absolute Gasteiger partial charge is 0.337 e. The summed E-state index contributed by atoms with van der Waals surface area (Å²) in [5, 5.41) is 5.21. The zero-order valence-electron chi connectivity index (χ0n) is 16.9. The number of rotatable bonds is 4. The molecule has 2 N–H and O–H groups in total. The number of carbonyl (C=O) groups excluding carboxylic acids is 2. The first-order valence-electron chi connectivity index (χ1n) is 9.93. The van der Waals surface area contributed by atoms with Crippen molar-refractivity contribution in [3.05, 3.63) is 71.0 Å². The molecule has 166 valence electrons. The SMILES string of the molecule is C[C@@H](NC(=O)NC1CCCN(C(=O)c2ccccc2)C1)c1cccc(C(F)(F)F)c1F. The van der Waals surface area contributed by atoms with E-state index in [9.17, 15) is 27.2 Å². The van der Waals surface area contributed by atoms with Crippen molar-refractivity contribution in [3.8, 4) is 0 Å². The average molecular weight is 437 g/mol. The number of nitrogens with zero attached hydrogens (tertiary/aromatic N) is 1. The molecule has 0 radical (unpaired) electrons. The molecule has 3 amide bonds. The summed E-state index contributed by atoms with van der Waals surface area (Å²) in [4.78, 5) is 26.6. The van der Waals surface area contributed by atoms with E-state index in [0.717, 1.165) is 6.07 Å². The van der Waals surface area contributed by atoms with E-state index in [4.69, 9.17) is 0 Å². The summed E-state index contributed by atoms with van der Waals surface area (Å²) in [6.45, 7) is 2.29. The number of likely N-dealkylation sites (tertiary alicyclic amines) is 1. The highest BCUT2D eigenvalue weighted by atomic mass is 19.4. The Balaban J connectivity index is 1.60. The fourth-order valence-electron chi connectivity index (χ4n) is 3.65. The molecule has 1 fully saturated rings. The summed E-state index contributed by atoms with van der Waals surface area (Å²) in [7, 11) is 0. The highest BCUT2D eigenvalue weighted by molar-refractivity contribution is 5.94. The summed E-state index contributed by atoms with van der Waals surface area (Å²) >= 11 is 0. The quantitative estimate of drug-likeness (QED) is 0.692. The molecular formula is C22H23F4N3O2. The maximum absolute atomic E-state index is 14.3. The Labute approximate surface area is 177 Å². The van der Waals surface area contributed by atoms with Gasteiger partial charge in [-0.05, 0) is 38.0 Å². The maximum Gasteiger partial charge on any atom is 0.419 e. The number of urea groups is 1. The molecule has 0 aliphatic carbocycles. The molecule has 1 unspecified atom stereocenters.